The van der Waals surface area contributed by atoms with Crippen molar-refractivity contribution in [2.24, 2.45) is 11.3 Å². The van der Waals surface area contributed by atoms with Crippen LogP contribution in [0.4, 0.5) is 9.18 Å². The molecule has 14 nitrogen and oxygen atoms in total. The fraction of sp³-hybridized carbons (Fsp3) is 0.639. The number of ether oxygens (including phenoxy) is 2. The largest absolute Gasteiger partial charge is 0.459 e. The van der Waals surface area contributed by atoms with Gasteiger partial charge in [0.05, 0.1) is 23.5 Å². The molecule has 3 amide bonds. The third-order valence-electron chi connectivity index (χ3n) is 9.83. The Labute approximate surface area is 304 Å². The zero-order valence-electron chi connectivity index (χ0n) is 31.0. The Balaban J connectivity index is 1.50. The normalized spacial score (nSPS) is 26.7. The van der Waals surface area contributed by atoms with E-state index in [0.29, 0.717) is 24.8 Å². The van der Waals surface area contributed by atoms with E-state index in [-0.39, 0.29) is 49.3 Å². The number of ketones is 1. The molecule has 16 heteroatoms. The second-order valence-electron chi connectivity index (χ2n) is 15.5. The molecule has 0 radical (unpaired) electrons. The number of alkyl carbamates (subject to hydrolysis) is 1. The number of halogens is 1. The van der Waals surface area contributed by atoms with E-state index in [9.17, 15) is 32.0 Å². The predicted octanol–water partition coefficient (Wildman–Crippen LogP) is 4.41. The molecule has 5 atom stereocenters. The lowest BCUT2D eigenvalue weighted by atomic mass is 9.91. The Bertz CT molecular complexity index is 1840. The monoisotopic (exact) mass is 746 g/mol. The summed E-state index contributed by atoms with van der Waals surface area (Å²) in [5.74, 6) is -2.58. The number of hydrogen-bond donors (Lipinski definition) is 2. The smallest absolute Gasteiger partial charge is 0.408 e. The van der Waals surface area contributed by atoms with E-state index in [0.717, 1.165) is 17.1 Å². The van der Waals surface area contributed by atoms with Crippen LogP contribution in [0.2, 0.25) is 0 Å². The molecule has 0 unspecified atom stereocenters. The first-order chi connectivity index (χ1) is 24.3. The number of benzene rings is 1. The average molecular weight is 747 g/mol. The van der Waals surface area contributed by atoms with Gasteiger partial charge >= 0.3 is 16.3 Å². The van der Waals surface area contributed by atoms with Crippen molar-refractivity contribution < 1.29 is 41.5 Å². The number of para-hydroxylation sites is 1. The number of fused-ring (bicyclic) bond motifs is 3. The van der Waals surface area contributed by atoms with Gasteiger partial charge < -0.3 is 19.7 Å². The predicted molar refractivity (Wildman–Crippen MR) is 191 cm³/mol. The van der Waals surface area contributed by atoms with Gasteiger partial charge in [0, 0.05) is 33.0 Å². The molecule has 2 aromatic rings. The van der Waals surface area contributed by atoms with Gasteiger partial charge in [0.25, 0.3) is 6.01 Å². The van der Waals surface area contributed by atoms with Crippen molar-refractivity contribution in [3.8, 4) is 6.01 Å². The number of aromatic nitrogens is 2. The standard InChI is InChI=1S/C36H51FN6O8S/c1-22(2)43-30-25(37)15-13-17-26(30)38-33(43)50-24-18-28-29(44)20-36(32(46)40-52(48,49)41(6)7)19-23(36)14-11-9-8-10-12-16-27(31(45)42(28)21-24)39-34(47)51-35(3,4)5/h11,13-15,17,22-24,27-28H,8-10,12,16,18-21H2,1-7H3,(H,39,47)(H,40,46)/b14-11-/t23-,24-,27+,28+,36-/m1/s1. The Hall–Kier alpha value is -4.05. The first-order valence-corrected chi connectivity index (χ1v) is 19.3. The number of nitrogens with one attached hydrogen (secondary N) is 2. The minimum Gasteiger partial charge on any atom is -0.459 e. The van der Waals surface area contributed by atoms with Crippen LogP contribution in [0.1, 0.15) is 92.0 Å². The molecular weight excluding hydrogens is 695 g/mol. The molecule has 1 saturated carbocycles. The quantitative estimate of drug-likeness (QED) is 0.390. The molecule has 2 N–H and O–H groups in total. The van der Waals surface area contributed by atoms with Gasteiger partial charge in [-0.3, -0.25) is 19.0 Å². The minimum absolute atomic E-state index is 0.0295. The molecule has 0 bridgehead atoms. The molecule has 1 aliphatic carbocycles. The summed E-state index contributed by atoms with van der Waals surface area (Å²) >= 11 is 0. The van der Waals surface area contributed by atoms with Gasteiger partial charge in [-0.2, -0.15) is 17.7 Å². The Kier molecular flexibility index (Phi) is 11.4. The van der Waals surface area contributed by atoms with Gasteiger partial charge in [0.15, 0.2) is 5.78 Å². The maximum absolute atomic E-state index is 15.0. The van der Waals surface area contributed by atoms with E-state index in [2.05, 4.69) is 15.0 Å². The number of rotatable bonds is 7. The molecule has 0 spiro atoms. The lowest BCUT2D eigenvalue weighted by molar-refractivity contribution is -0.140. The van der Waals surface area contributed by atoms with E-state index >= 15 is 0 Å². The van der Waals surface area contributed by atoms with E-state index < -0.39 is 68.9 Å². The van der Waals surface area contributed by atoms with Crippen molar-refractivity contribution in [1.29, 1.82) is 0 Å². The van der Waals surface area contributed by atoms with Crippen LogP contribution in [0, 0.1) is 17.2 Å². The highest BCUT2D eigenvalue weighted by Gasteiger charge is 2.61. The number of Topliss-reactive ketones (excluding diaryl/α,β-unsaturated/α-hetero) is 1. The molecule has 5 rings (SSSR count). The summed E-state index contributed by atoms with van der Waals surface area (Å²) in [5.41, 5.74) is -1.50. The van der Waals surface area contributed by atoms with Crippen LogP contribution >= 0.6 is 0 Å². The molecule has 3 aliphatic rings. The van der Waals surface area contributed by atoms with Gasteiger partial charge in [-0.25, -0.2) is 13.9 Å². The number of nitrogens with zero attached hydrogens (tertiary/aromatic N) is 4. The first-order valence-electron chi connectivity index (χ1n) is 17.9. The topological polar surface area (TPSA) is 169 Å². The number of allylic oxidation sites excluding steroid dienone is 2. The number of amides is 3. The van der Waals surface area contributed by atoms with Crippen LogP contribution in [0.25, 0.3) is 11.0 Å². The third kappa shape index (κ3) is 8.59. The van der Waals surface area contributed by atoms with Crippen molar-refractivity contribution >= 4 is 44.9 Å². The van der Waals surface area contributed by atoms with Crippen molar-refractivity contribution in [2.45, 2.75) is 116 Å². The van der Waals surface area contributed by atoms with Gasteiger partial charge in [-0.15, -0.1) is 0 Å². The van der Waals surface area contributed by atoms with Crippen LogP contribution in [-0.2, 0) is 29.3 Å². The zero-order valence-corrected chi connectivity index (χ0v) is 31.8. The highest BCUT2D eigenvalue weighted by Crippen LogP contribution is 2.57. The number of hydrogen-bond acceptors (Lipinski definition) is 9. The summed E-state index contributed by atoms with van der Waals surface area (Å²) in [6, 6.07) is 2.36. The van der Waals surface area contributed by atoms with Crippen molar-refractivity contribution in [3.63, 3.8) is 0 Å². The summed E-state index contributed by atoms with van der Waals surface area (Å²) in [4.78, 5) is 61.4. The zero-order chi connectivity index (χ0) is 38.2. The first kappa shape index (κ1) is 39.2. The molecule has 3 heterocycles. The van der Waals surface area contributed by atoms with E-state index in [1.165, 1.54) is 25.1 Å². The van der Waals surface area contributed by atoms with E-state index in [1.54, 1.807) is 37.5 Å². The summed E-state index contributed by atoms with van der Waals surface area (Å²) in [7, 11) is -1.55. The fourth-order valence-corrected chi connectivity index (χ4v) is 7.67. The number of carbonyl (C=O) groups excluding carboxylic acids is 4. The van der Waals surface area contributed by atoms with Crippen LogP contribution in [0.3, 0.4) is 0 Å². The Morgan fingerprint density at radius 2 is 1.87 bits per heavy atom. The maximum Gasteiger partial charge on any atom is 0.408 e. The van der Waals surface area contributed by atoms with Crippen LogP contribution in [0.5, 0.6) is 6.01 Å². The van der Waals surface area contributed by atoms with Gasteiger partial charge in [-0.05, 0) is 78.4 Å². The lowest BCUT2D eigenvalue weighted by Gasteiger charge is -2.30. The molecule has 52 heavy (non-hydrogen) atoms. The van der Waals surface area contributed by atoms with Crippen molar-refractivity contribution in [1.82, 2.24) is 28.8 Å². The molecular formula is C36H51FN6O8S. The van der Waals surface area contributed by atoms with Crippen LogP contribution in [-0.4, -0.2) is 95.3 Å². The molecule has 1 saturated heterocycles. The summed E-state index contributed by atoms with van der Waals surface area (Å²) < 4.78 is 56.9. The second kappa shape index (κ2) is 15.1. The summed E-state index contributed by atoms with van der Waals surface area (Å²) in [6.45, 7) is 8.82. The Morgan fingerprint density at radius 3 is 2.54 bits per heavy atom. The van der Waals surface area contributed by atoms with Crippen LogP contribution < -0.4 is 14.8 Å². The molecule has 2 aliphatic heterocycles. The number of imidazole rings is 1. The van der Waals surface area contributed by atoms with E-state index in [4.69, 9.17) is 9.47 Å². The number of carbonyl (C=O) groups is 4. The van der Waals surface area contributed by atoms with Crippen molar-refractivity contribution in [3.05, 3.63) is 36.2 Å². The summed E-state index contributed by atoms with van der Waals surface area (Å²) in [5, 5.41) is 2.72. The van der Waals surface area contributed by atoms with Crippen LogP contribution in [0.15, 0.2) is 30.4 Å². The SMILES string of the molecule is CC(C)n1c(O[C@@H]2C[C@H]3C(=O)C[C@]4(C(=O)NS(=O)(=O)N(C)C)C[C@H]4/C=C\CCCCC[C@H](NC(=O)OC(C)(C)C)C(=O)N3C2)nc2cccc(F)c21. The van der Waals surface area contributed by atoms with Gasteiger partial charge in [-0.1, -0.05) is 31.1 Å². The summed E-state index contributed by atoms with van der Waals surface area (Å²) in [6.07, 6.45) is 5.38. The van der Waals surface area contributed by atoms with Crippen molar-refractivity contribution in [2.75, 3.05) is 20.6 Å². The van der Waals surface area contributed by atoms with Gasteiger partial charge in [0.1, 0.15) is 29.1 Å². The fourth-order valence-electron chi connectivity index (χ4n) is 7.05. The highest BCUT2D eigenvalue weighted by molar-refractivity contribution is 7.87. The molecule has 1 aromatic heterocycles. The molecule has 1 aromatic carbocycles. The van der Waals surface area contributed by atoms with Gasteiger partial charge in [0.2, 0.25) is 11.8 Å². The Morgan fingerprint density at radius 1 is 1.13 bits per heavy atom. The lowest BCUT2D eigenvalue weighted by Crippen LogP contribution is -2.53. The highest BCUT2D eigenvalue weighted by atomic mass is 32.2. The third-order valence-corrected chi connectivity index (χ3v) is 11.2. The second-order valence-corrected chi connectivity index (χ2v) is 17.4. The maximum atomic E-state index is 15.0. The minimum atomic E-state index is -4.14. The average Bonchev–Trinajstić information content (AvgIpc) is 3.36. The molecule has 2 fully saturated rings. The van der Waals surface area contributed by atoms with E-state index in [1.807, 2.05) is 26.0 Å². The molecule has 286 valence electrons.